The number of nitrogens with zero attached hydrogens (tertiary/aromatic N) is 1. The van der Waals surface area contributed by atoms with Crippen LogP contribution in [0.5, 0.6) is 0 Å². The van der Waals surface area contributed by atoms with E-state index < -0.39 is 10.0 Å². The van der Waals surface area contributed by atoms with Crippen LogP contribution in [0.25, 0.3) is 0 Å². The summed E-state index contributed by atoms with van der Waals surface area (Å²) in [5.41, 5.74) is 0.709. The number of hydrogen-bond donors (Lipinski definition) is 1. The molecule has 0 aromatic heterocycles. The van der Waals surface area contributed by atoms with E-state index in [0.717, 1.165) is 5.56 Å². The maximum Gasteiger partial charge on any atom is 0.243 e. The Bertz CT molecular complexity index is 515. The highest BCUT2D eigenvalue weighted by molar-refractivity contribution is 9.09. The summed E-state index contributed by atoms with van der Waals surface area (Å²) in [4.78, 5) is 0.314. The Morgan fingerprint density at radius 1 is 1.33 bits per heavy atom. The molecule has 0 aliphatic carbocycles. The SMILES string of the molecule is Cc1ccc(S(=O)(=O)N2CC(CO)(CBr)C2)cc1. The van der Waals surface area contributed by atoms with Crippen LogP contribution in [0.4, 0.5) is 0 Å². The van der Waals surface area contributed by atoms with E-state index in [-0.39, 0.29) is 12.0 Å². The minimum Gasteiger partial charge on any atom is -0.396 e. The number of aliphatic hydroxyl groups excluding tert-OH is 1. The van der Waals surface area contributed by atoms with Crippen LogP contribution in [0, 0.1) is 12.3 Å². The summed E-state index contributed by atoms with van der Waals surface area (Å²) < 4.78 is 26.0. The van der Waals surface area contributed by atoms with E-state index in [9.17, 15) is 13.5 Å². The summed E-state index contributed by atoms with van der Waals surface area (Å²) in [6, 6.07) is 6.82. The number of sulfonamides is 1. The standard InChI is InChI=1S/C12H16BrNO3S/c1-10-2-4-11(5-3-10)18(16,17)14-7-12(6-13,8-14)9-15/h2-5,15H,6-9H2,1H3. The van der Waals surface area contributed by atoms with Gasteiger partial charge in [0.15, 0.2) is 0 Å². The molecule has 0 bridgehead atoms. The quantitative estimate of drug-likeness (QED) is 0.847. The molecule has 0 amide bonds. The highest BCUT2D eigenvalue weighted by Crippen LogP contribution is 2.35. The van der Waals surface area contributed by atoms with Gasteiger partial charge in [0.05, 0.1) is 11.5 Å². The van der Waals surface area contributed by atoms with Crippen molar-refractivity contribution in [3.63, 3.8) is 0 Å². The van der Waals surface area contributed by atoms with Crippen LogP contribution in [-0.4, -0.2) is 42.9 Å². The van der Waals surface area contributed by atoms with Gasteiger partial charge in [-0.25, -0.2) is 8.42 Å². The summed E-state index contributed by atoms with van der Waals surface area (Å²) in [5.74, 6) is 0. The molecule has 0 radical (unpaired) electrons. The predicted octanol–water partition coefficient (Wildman–Crippen LogP) is 1.37. The Hall–Kier alpha value is -0.430. The lowest BCUT2D eigenvalue weighted by Gasteiger charge is -2.47. The van der Waals surface area contributed by atoms with Gasteiger partial charge in [0.25, 0.3) is 0 Å². The average Bonchev–Trinajstić information content (AvgIpc) is 2.29. The Labute approximate surface area is 116 Å². The van der Waals surface area contributed by atoms with Crippen LogP contribution in [-0.2, 0) is 10.0 Å². The van der Waals surface area contributed by atoms with Gasteiger partial charge in [-0.05, 0) is 19.1 Å². The molecule has 1 aliphatic heterocycles. The van der Waals surface area contributed by atoms with Crippen LogP contribution in [0.1, 0.15) is 5.56 Å². The maximum absolute atomic E-state index is 12.3. The summed E-state index contributed by atoms with van der Waals surface area (Å²) in [6.07, 6.45) is 0. The van der Waals surface area contributed by atoms with Crippen molar-refractivity contribution in [2.75, 3.05) is 25.0 Å². The number of halogens is 1. The van der Waals surface area contributed by atoms with Crippen LogP contribution < -0.4 is 0 Å². The van der Waals surface area contributed by atoms with Gasteiger partial charge in [0.1, 0.15) is 0 Å². The Balaban J connectivity index is 2.17. The number of rotatable bonds is 4. The molecule has 100 valence electrons. The molecule has 1 fully saturated rings. The third kappa shape index (κ3) is 2.34. The van der Waals surface area contributed by atoms with Gasteiger partial charge in [-0.15, -0.1) is 0 Å². The number of aliphatic hydroxyl groups is 1. The molecule has 1 N–H and O–H groups in total. The van der Waals surface area contributed by atoms with Crippen molar-refractivity contribution in [2.45, 2.75) is 11.8 Å². The van der Waals surface area contributed by atoms with Crippen molar-refractivity contribution < 1.29 is 13.5 Å². The highest BCUT2D eigenvalue weighted by atomic mass is 79.9. The van der Waals surface area contributed by atoms with Gasteiger partial charge in [-0.1, -0.05) is 33.6 Å². The van der Waals surface area contributed by atoms with Crippen LogP contribution >= 0.6 is 15.9 Å². The average molecular weight is 334 g/mol. The van der Waals surface area contributed by atoms with E-state index >= 15 is 0 Å². The molecule has 1 aromatic carbocycles. The van der Waals surface area contributed by atoms with Crippen molar-refractivity contribution in [3.8, 4) is 0 Å². The van der Waals surface area contributed by atoms with Crippen molar-refractivity contribution in [3.05, 3.63) is 29.8 Å². The lowest BCUT2D eigenvalue weighted by molar-refractivity contribution is 0.0309. The van der Waals surface area contributed by atoms with Gasteiger partial charge in [-0.3, -0.25) is 0 Å². The zero-order valence-electron chi connectivity index (χ0n) is 10.1. The minimum absolute atomic E-state index is 0.00182. The molecule has 1 saturated heterocycles. The second kappa shape index (κ2) is 4.92. The first-order chi connectivity index (χ1) is 8.43. The van der Waals surface area contributed by atoms with E-state index in [2.05, 4.69) is 15.9 Å². The summed E-state index contributed by atoms with van der Waals surface area (Å²) in [6.45, 7) is 2.65. The minimum atomic E-state index is -3.41. The molecule has 1 aliphatic rings. The zero-order valence-corrected chi connectivity index (χ0v) is 12.5. The van der Waals surface area contributed by atoms with Crippen molar-refractivity contribution in [1.82, 2.24) is 4.31 Å². The summed E-state index contributed by atoms with van der Waals surface area (Å²) in [7, 11) is -3.41. The summed E-state index contributed by atoms with van der Waals surface area (Å²) in [5, 5.41) is 9.88. The first-order valence-electron chi connectivity index (χ1n) is 5.67. The molecule has 18 heavy (non-hydrogen) atoms. The van der Waals surface area contributed by atoms with Gasteiger partial charge >= 0.3 is 0 Å². The van der Waals surface area contributed by atoms with E-state index in [1.54, 1.807) is 24.3 Å². The van der Waals surface area contributed by atoms with Crippen molar-refractivity contribution >= 4 is 26.0 Å². The van der Waals surface area contributed by atoms with Crippen LogP contribution in [0.2, 0.25) is 0 Å². The van der Waals surface area contributed by atoms with E-state index in [0.29, 0.717) is 23.3 Å². The van der Waals surface area contributed by atoms with E-state index in [4.69, 9.17) is 0 Å². The molecule has 1 heterocycles. The Morgan fingerprint density at radius 3 is 2.33 bits per heavy atom. The van der Waals surface area contributed by atoms with E-state index in [1.165, 1.54) is 4.31 Å². The van der Waals surface area contributed by atoms with Gasteiger partial charge in [-0.2, -0.15) is 4.31 Å². The number of aryl methyl sites for hydroxylation is 1. The maximum atomic E-state index is 12.3. The predicted molar refractivity (Wildman–Crippen MR) is 73.3 cm³/mol. The summed E-state index contributed by atoms with van der Waals surface area (Å²) >= 11 is 3.32. The second-order valence-electron chi connectivity index (χ2n) is 4.88. The molecule has 0 unspecified atom stereocenters. The van der Waals surface area contributed by atoms with Gasteiger partial charge in [0.2, 0.25) is 10.0 Å². The first kappa shape index (κ1) is 14.0. The monoisotopic (exact) mass is 333 g/mol. The second-order valence-corrected chi connectivity index (χ2v) is 7.38. The van der Waals surface area contributed by atoms with Crippen LogP contribution in [0.3, 0.4) is 0 Å². The molecule has 6 heteroatoms. The fourth-order valence-corrected chi connectivity index (χ4v) is 4.16. The fourth-order valence-electron chi connectivity index (χ4n) is 1.96. The molecular weight excluding hydrogens is 318 g/mol. The smallest absolute Gasteiger partial charge is 0.243 e. The Kier molecular flexibility index (Phi) is 3.82. The Morgan fingerprint density at radius 2 is 1.89 bits per heavy atom. The fraction of sp³-hybridized carbons (Fsp3) is 0.500. The van der Waals surface area contributed by atoms with E-state index in [1.807, 2.05) is 6.92 Å². The van der Waals surface area contributed by atoms with Gasteiger partial charge in [0, 0.05) is 23.8 Å². The van der Waals surface area contributed by atoms with Crippen molar-refractivity contribution in [1.29, 1.82) is 0 Å². The molecule has 0 atom stereocenters. The first-order valence-corrected chi connectivity index (χ1v) is 8.23. The normalized spacial score (nSPS) is 19.5. The zero-order chi connectivity index (χ0) is 13.4. The number of hydrogen-bond acceptors (Lipinski definition) is 3. The number of benzene rings is 1. The molecule has 1 aromatic rings. The van der Waals surface area contributed by atoms with Crippen molar-refractivity contribution in [2.24, 2.45) is 5.41 Å². The molecular formula is C12H16BrNO3S. The topological polar surface area (TPSA) is 57.6 Å². The molecule has 4 nitrogen and oxygen atoms in total. The molecule has 0 saturated carbocycles. The number of alkyl halides is 1. The lowest BCUT2D eigenvalue weighted by Crippen LogP contribution is -2.60. The lowest BCUT2D eigenvalue weighted by atomic mass is 9.85. The largest absolute Gasteiger partial charge is 0.396 e. The molecule has 2 rings (SSSR count). The van der Waals surface area contributed by atoms with Gasteiger partial charge < -0.3 is 5.11 Å². The highest BCUT2D eigenvalue weighted by Gasteiger charge is 2.47. The third-order valence-electron chi connectivity index (χ3n) is 3.30. The third-order valence-corrected chi connectivity index (χ3v) is 6.30. The molecule has 0 spiro atoms. The van der Waals surface area contributed by atoms with Crippen LogP contribution in [0.15, 0.2) is 29.2 Å².